The van der Waals surface area contributed by atoms with Gasteiger partial charge >= 0.3 is 0 Å². The fourth-order valence-electron chi connectivity index (χ4n) is 1.92. The standard InChI is InChI=1S/C16H16N2O3/c1-11-9-14(18-21-11)10-17-16(20)15-7-3-5-13(12(15)2)6-4-8-19/h3,5,7,9,19H,8,10H2,1-2H3,(H,17,20). The molecule has 1 aromatic heterocycles. The number of nitrogens with zero attached hydrogens (tertiary/aromatic N) is 1. The minimum Gasteiger partial charge on any atom is -0.384 e. The molecule has 5 nitrogen and oxygen atoms in total. The molecule has 0 bridgehead atoms. The summed E-state index contributed by atoms with van der Waals surface area (Å²) in [5, 5.41) is 15.4. The highest BCUT2D eigenvalue weighted by atomic mass is 16.5. The molecule has 0 unspecified atom stereocenters. The summed E-state index contributed by atoms with van der Waals surface area (Å²) in [6, 6.07) is 7.10. The maximum Gasteiger partial charge on any atom is 0.251 e. The first-order valence-corrected chi connectivity index (χ1v) is 6.51. The smallest absolute Gasteiger partial charge is 0.251 e. The Bertz CT molecular complexity index is 708. The van der Waals surface area contributed by atoms with Crippen molar-refractivity contribution in [2.75, 3.05) is 6.61 Å². The first-order chi connectivity index (χ1) is 10.1. The molecular formula is C16H16N2O3. The molecule has 0 saturated heterocycles. The fraction of sp³-hybridized carbons (Fsp3) is 0.250. The maximum absolute atomic E-state index is 12.2. The molecule has 1 aromatic carbocycles. The number of hydrogen-bond acceptors (Lipinski definition) is 4. The topological polar surface area (TPSA) is 75.4 Å². The zero-order valence-electron chi connectivity index (χ0n) is 11.9. The summed E-state index contributed by atoms with van der Waals surface area (Å²) in [4.78, 5) is 12.2. The zero-order chi connectivity index (χ0) is 15.2. The van der Waals surface area contributed by atoms with Crippen LogP contribution in [0.3, 0.4) is 0 Å². The van der Waals surface area contributed by atoms with E-state index in [4.69, 9.17) is 9.63 Å². The number of carbonyl (C=O) groups is 1. The summed E-state index contributed by atoms with van der Waals surface area (Å²) in [7, 11) is 0. The van der Waals surface area contributed by atoms with Gasteiger partial charge in [0.15, 0.2) is 0 Å². The second-order valence-electron chi connectivity index (χ2n) is 4.55. The Hall–Kier alpha value is -2.58. The van der Waals surface area contributed by atoms with E-state index in [9.17, 15) is 4.79 Å². The van der Waals surface area contributed by atoms with Gasteiger partial charge in [0, 0.05) is 17.2 Å². The van der Waals surface area contributed by atoms with E-state index in [1.54, 1.807) is 25.1 Å². The van der Waals surface area contributed by atoms with Gasteiger partial charge in [-0.1, -0.05) is 23.1 Å². The number of carbonyl (C=O) groups excluding carboxylic acids is 1. The average Bonchev–Trinajstić information content (AvgIpc) is 2.89. The van der Waals surface area contributed by atoms with Gasteiger partial charge in [-0.05, 0) is 31.5 Å². The highest BCUT2D eigenvalue weighted by molar-refractivity contribution is 5.96. The Balaban J connectivity index is 2.12. The van der Waals surface area contributed by atoms with Crippen LogP contribution in [0.25, 0.3) is 0 Å². The quantitative estimate of drug-likeness (QED) is 0.839. The molecule has 108 valence electrons. The number of aliphatic hydroxyl groups is 1. The third kappa shape index (κ3) is 3.71. The number of aryl methyl sites for hydroxylation is 1. The number of aliphatic hydroxyl groups excluding tert-OH is 1. The van der Waals surface area contributed by atoms with Crippen LogP contribution in [0.1, 0.15) is 32.9 Å². The van der Waals surface area contributed by atoms with E-state index < -0.39 is 0 Å². The van der Waals surface area contributed by atoms with Crippen LogP contribution in [0.15, 0.2) is 28.8 Å². The molecule has 2 rings (SSSR count). The molecule has 21 heavy (non-hydrogen) atoms. The molecule has 0 spiro atoms. The van der Waals surface area contributed by atoms with E-state index in [1.807, 2.05) is 13.0 Å². The normalized spacial score (nSPS) is 9.86. The van der Waals surface area contributed by atoms with Gasteiger partial charge in [0.1, 0.15) is 18.1 Å². The van der Waals surface area contributed by atoms with Gasteiger partial charge in [0.2, 0.25) is 0 Å². The Morgan fingerprint density at radius 3 is 2.90 bits per heavy atom. The molecule has 0 aliphatic heterocycles. The van der Waals surface area contributed by atoms with Crippen LogP contribution in [0.4, 0.5) is 0 Å². The van der Waals surface area contributed by atoms with E-state index >= 15 is 0 Å². The lowest BCUT2D eigenvalue weighted by Crippen LogP contribution is -2.24. The van der Waals surface area contributed by atoms with Gasteiger partial charge in [-0.25, -0.2) is 0 Å². The van der Waals surface area contributed by atoms with Crippen LogP contribution in [-0.2, 0) is 6.54 Å². The summed E-state index contributed by atoms with van der Waals surface area (Å²) >= 11 is 0. The maximum atomic E-state index is 12.2. The van der Waals surface area contributed by atoms with E-state index in [0.29, 0.717) is 23.6 Å². The SMILES string of the molecule is Cc1cc(CNC(=O)c2cccc(C#CCO)c2C)no1. The average molecular weight is 284 g/mol. The van der Waals surface area contributed by atoms with Crippen molar-refractivity contribution in [1.82, 2.24) is 10.5 Å². The van der Waals surface area contributed by atoms with Crippen LogP contribution in [0.2, 0.25) is 0 Å². The number of benzene rings is 1. The molecule has 1 amide bonds. The van der Waals surface area contributed by atoms with E-state index in [1.165, 1.54) is 0 Å². The van der Waals surface area contributed by atoms with Crippen molar-refractivity contribution in [3.8, 4) is 11.8 Å². The molecule has 0 atom stereocenters. The minimum absolute atomic E-state index is 0.194. The number of hydrogen-bond donors (Lipinski definition) is 2. The number of rotatable bonds is 3. The molecule has 0 aliphatic rings. The monoisotopic (exact) mass is 284 g/mol. The Morgan fingerprint density at radius 2 is 2.24 bits per heavy atom. The van der Waals surface area contributed by atoms with Crippen LogP contribution in [0, 0.1) is 25.7 Å². The van der Waals surface area contributed by atoms with Gasteiger partial charge in [-0.15, -0.1) is 0 Å². The summed E-state index contributed by atoms with van der Waals surface area (Å²) in [6.45, 7) is 3.73. The highest BCUT2D eigenvalue weighted by Crippen LogP contribution is 2.13. The number of amides is 1. The third-order valence-electron chi connectivity index (χ3n) is 2.99. The van der Waals surface area contributed by atoms with Gasteiger partial charge < -0.3 is 14.9 Å². The number of nitrogens with one attached hydrogen (secondary N) is 1. The van der Waals surface area contributed by atoms with Gasteiger partial charge in [0.05, 0.1) is 6.54 Å². The van der Waals surface area contributed by atoms with Gasteiger partial charge in [0.25, 0.3) is 5.91 Å². The van der Waals surface area contributed by atoms with Gasteiger partial charge in [-0.2, -0.15) is 0 Å². The summed E-state index contributed by atoms with van der Waals surface area (Å²) in [5.74, 6) is 5.92. The fourth-order valence-corrected chi connectivity index (χ4v) is 1.92. The molecule has 2 aromatic rings. The van der Waals surface area contributed by atoms with Crippen molar-refractivity contribution < 1.29 is 14.4 Å². The summed E-state index contributed by atoms with van der Waals surface area (Å²) in [6.07, 6.45) is 0. The van der Waals surface area contributed by atoms with Crippen LogP contribution >= 0.6 is 0 Å². The van der Waals surface area contributed by atoms with Crippen LogP contribution in [-0.4, -0.2) is 22.8 Å². The van der Waals surface area contributed by atoms with Gasteiger partial charge in [-0.3, -0.25) is 4.79 Å². The Morgan fingerprint density at radius 1 is 1.43 bits per heavy atom. The van der Waals surface area contributed by atoms with Crippen molar-refractivity contribution in [1.29, 1.82) is 0 Å². The van der Waals surface area contributed by atoms with Crippen molar-refractivity contribution in [2.24, 2.45) is 0 Å². The predicted octanol–water partition coefficient (Wildman–Crippen LogP) is 1.57. The Kier molecular flexibility index (Phi) is 4.75. The molecule has 5 heteroatoms. The largest absolute Gasteiger partial charge is 0.384 e. The first kappa shape index (κ1) is 14.8. The minimum atomic E-state index is -0.207. The van der Waals surface area contributed by atoms with Crippen LogP contribution < -0.4 is 5.32 Å². The molecular weight excluding hydrogens is 268 g/mol. The van der Waals surface area contributed by atoms with Crippen molar-refractivity contribution in [3.63, 3.8) is 0 Å². The molecule has 0 radical (unpaired) electrons. The lowest BCUT2D eigenvalue weighted by Gasteiger charge is -2.07. The van der Waals surface area contributed by atoms with Crippen LogP contribution in [0.5, 0.6) is 0 Å². The zero-order valence-corrected chi connectivity index (χ0v) is 11.9. The molecule has 1 heterocycles. The van der Waals surface area contributed by atoms with Crippen molar-refractivity contribution >= 4 is 5.91 Å². The number of aromatic nitrogens is 1. The third-order valence-corrected chi connectivity index (χ3v) is 2.99. The van der Waals surface area contributed by atoms with E-state index in [0.717, 1.165) is 11.1 Å². The van der Waals surface area contributed by atoms with E-state index in [2.05, 4.69) is 22.3 Å². The molecule has 0 aliphatic carbocycles. The summed E-state index contributed by atoms with van der Waals surface area (Å²) < 4.78 is 4.95. The predicted molar refractivity (Wildman–Crippen MR) is 77.6 cm³/mol. The van der Waals surface area contributed by atoms with Crippen molar-refractivity contribution in [2.45, 2.75) is 20.4 Å². The second-order valence-corrected chi connectivity index (χ2v) is 4.55. The van der Waals surface area contributed by atoms with Crippen molar-refractivity contribution in [3.05, 3.63) is 52.4 Å². The molecule has 2 N–H and O–H groups in total. The first-order valence-electron chi connectivity index (χ1n) is 6.51. The summed E-state index contributed by atoms with van der Waals surface area (Å²) in [5.41, 5.74) is 2.75. The Labute approximate surface area is 123 Å². The molecule has 0 saturated carbocycles. The molecule has 0 fully saturated rings. The lowest BCUT2D eigenvalue weighted by molar-refractivity contribution is 0.0949. The lowest BCUT2D eigenvalue weighted by atomic mass is 10.0. The highest BCUT2D eigenvalue weighted by Gasteiger charge is 2.11. The van der Waals surface area contributed by atoms with E-state index in [-0.39, 0.29) is 12.5 Å². The second kappa shape index (κ2) is 6.73.